The molecule has 1 saturated carbocycles. The first kappa shape index (κ1) is 9.16. The molecule has 1 aromatic heterocycles. The first-order valence-electron chi connectivity index (χ1n) is 4.91. The van der Waals surface area contributed by atoms with Crippen LogP contribution in [0.15, 0.2) is 5.38 Å². The summed E-state index contributed by atoms with van der Waals surface area (Å²) in [4.78, 5) is 4.67. The molecule has 0 aromatic carbocycles. The molecule has 1 unspecified atom stereocenters. The van der Waals surface area contributed by atoms with Crippen molar-refractivity contribution in [2.24, 2.45) is 0 Å². The number of likely N-dealkylation sites (N-methyl/N-ethyl adjacent to an activating group) is 1. The van der Waals surface area contributed by atoms with E-state index in [0.29, 0.717) is 5.92 Å². The van der Waals surface area contributed by atoms with Crippen molar-refractivity contribution in [1.82, 2.24) is 10.3 Å². The third-order valence-corrected chi connectivity index (χ3v) is 3.56. The summed E-state index contributed by atoms with van der Waals surface area (Å²) in [5.41, 5.74) is 1.34. The van der Waals surface area contributed by atoms with Crippen molar-refractivity contribution in [3.63, 3.8) is 0 Å². The van der Waals surface area contributed by atoms with E-state index in [2.05, 4.69) is 22.6 Å². The predicted octanol–water partition coefficient (Wildman–Crippen LogP) is 2.34. The molecule has 1 heterocycles. The van der Waals surface area contributed by atoms with E-state index >= 15 is 0 Å². The second-order valence-electron chi connectivity index (χ2n) is 3.84. The Balaban J connectivity index is 2.03. The fraction of sp³-hybridized carbons (Fsp3) is 0.700. The van der Waals surface area contributed by atoms with Crippen molar-refractivity contribution in [3.05, 3.63) is 16.1 Å². The second-order valence-corrected chi connectivity index (χ2v) is 4.73. The largest absolute Gasteiger partial charge is 0.319 e. The zero-order chi connectivity index (χ0) is 9.26. The van der Waals surface area contributed by atoms with Crippen LogP contribution in [0.5, 0.6) is 0 Å². The van der Waals surface area contributed by atoms with Gasteiger partial charge in [0, 0.05) is 23.8 Å². The Labute approximate surface area is 83.4 Å². The molecule has 1 aromatic rings. The highest BCUT2D eigenvalue weighted by Gasteiger charge is 2.26. The molecule has 0 bridgehead atoms. The zero-order valence-corrected chi connectivity index (χ0v) is 9.03. The summed E-state index contributed by atoms with van der Waals surface area (Å²) in [7, 11) is 1.99. The Morgan fingerprint density at radius 2 is 2.46 bits per heavy atom. The van der Waals surface area contributed by atoms with Crippen LogP contribution in [-0.2, 0) is 0 Å². The average molecular weight is 196 g/mol. The van der Waals surface area contributed by atoms with Gasteiger partial charge in [0.05, 0.1) is 10.7 Å². The van der Waals surface area contributed by atoms with Gasteiger partial charge in [-0.05, 0) is 19.9 Å². The highest BCUT2D eigenvalue weighted by Crippen LogP contribution is 2.40. The molecule has 1 aliphatic rings. The summed E-state index contributed by atoms with van der Waals surface area (Å²) in [6.45, 7) is 3.25. The monoisotopic (exact) mass is 196 g/mol. The molecule has 0 spiro atoms. The lowest BCUT2D eigenvalue weighted by Crippen LogP contribution is -2.14. The lowest BCUT2D eigenvalue weighted by atomic mass is 10.2. The lowest BCUT2D eigenvalue weighted by molar-refractivity contribution is 0.671. The van der Waals surface area contributed by atoms with Gasteiger partial charge < -0.3 is 5.32 Å². The Morgan fingerprint density at radius 1 is 1.69 bits per heavy atom. The van der Waals surface area contributed by atoms with Crippen LogP contribution < -0.4 is 5.32 Å². The van der Waals surface area contributed by atoms with E-state index in [1.54, 1.807) is 0 Å². The Morgan fingerprint density at radius 3 is 3.08 bits per heavy atom. The van der Waals surface area contributed by atoms with Gasteiger partial charge in [0.1, 0.15) is 0 Å². The number of hydrogen-bond donors (Lipinski definition) is 1. The maximum absolute atomic E-state index is 4.67. The molecule has 0 radical (unpaired) electrons. The molecule has 1 N–H and O–H groups in total. The minimum Gasteiger partial charge on any atom is -0.319 e. The van der Waals surface area contributed by atoms with Crippen LogP contribution in [0.25, 0.3) is 0 Å². The van der Waals surface area contributed by atoms with Crippen molar-refractivity contribution in [3.8, 4) is 0 Å². The molecule has 2 rings (SSSR count). The first-order valence-corrected chi connectivity index (χ1v) is 5.79. The van der Waals surface area contributed by atoms with Crippen molar-refractivity contribution in [2.75, 3.05) is 13.6 Å². The zero-order valence-electron chi connectivity index (χ0n) is 8.21. The van der Waals surface area contributed by atoms with Crippen LogP contribution in [0.4, 0.5) is 0 Å². The molecular weight excluding hydrogens is 180 g/mol. The fourth-order valence-corrected chi connectivity index (χ4v) is 2.45. The molecule has 13 heavy (non-hydrogen) atoms. The van der Waals surface area contributed by atoms with Crippen LogP contribution >= 0.6 is 11.3 Å². The Kier molecular flexibility index (Phi) is 2.65. The molecule has 0 aliphatic heterocycles. The van der Waals surface area contributed by atoms with Gasteiger partial charge in [0.15, 0.2) is 0 Å². The molecule has 0 amide bonds. The molecular formula is C10H16N2S. The third-order valence-electron chi connectivity index (χ3n) is 2.47. The van der Waals surface area contributed by atoms with E-state index in [0.717, 1.165) is 12.5 Å². The molecule has 1 atom stereocenters. The fourth-order valence-electron chi connectivity index (χ4n) is 1.49. The van der Waals surface area contributed by atoms with E-state index in [4.69, 9.17) is 0 Å². The van der Waals surface area contributed by atoms with Crippen molar-refractivity contribution < 1.29 is 0 Å². The number of hydrogen-bond acceptors (Lipinski definition) is 3. The highest BCUT2D eigenvalue weighted by molar-refractivity contribution is 7.09. The topological polar surface area (TPSA) is 24.9 Å². The van der Waals surface area contributed by atoms with Gasteiger partial charge in [-0.2, -0.15) is 0 Å². The van der Waals surface area contributed by atoms with E-state index in [1.165, 1.54) is 23.5 Å². The van der Waals surface area contributed by atoms with Crippen LogP contribution in [-0.4, -0.2) is 18.6 Å². The average Bonchev–Trinajstić information content (AvgIpc) is 2.84. The summed E-state index contributed by atoms with van der Waals surface area (Å²) >= 11 is 1.81. The van der Waals surface area contributed by atoms with Gasteiger partial charge >= 0.3 is 0 Å². The standard InChI is InChI=1S/C10H16N2S/c1-7(5-11-2)10-12-9(6-13-10)8-3-4-8/h6-8,11H,3-5H2,1-2H3. The summed E-state index contributed by atoms with van der Waals surface area (Å²) in [6.07, 6.45) is 2.70. The smallest absolute Gasteiger partial charge is 0.0969 e. The summed E-state index contributed by atoms with van der Waals surface area (Å²) in [6, 6.07) is 0. The maximum atomic E-state index is 4.67. The highest BCUT2D eigenvalue weighted by atomic mass is 32.1. The molecule has 3 heteroatoms. The molecule has 1 fully saturated rings. The van der Waals surface area contributed by atoms with Crippen LogP contribution in [0.3, 0.4) is 0 Å². The minimum atomic E-state index is 0.558. The molecule has 1 aliphatic carbocycles. The predicted molar refractivity (Wildman–Crippen MR) is 56.4 cm³/mol. The van der Waals surface area contributed by atoms with Crippen molar-refractivity contribution >= 4 is 11.3 Å². The van der Waals surface area contributed by atoms with Crippen LogP contribution in [0, 0.1) is 0 Å². The number of nitrogens with one attached hydrogen (secondary N) is 1. The summed E-state index contributed by atoms with van der Waals surface area (Å²) < 4.78 is 0. The summed E-state index contributed by atoms with van der Waals surface area (Å²) in [5, 5.41) is 6.71. The number of rotatable bonds is 4. The molecule has 72 valence electrons. The Hall–Kier alpha value is -0.410. The third kappa shape index (κ3) is 2.09. The number of aromatic nitrogens is 1. The van der Waals surface area contributed by atoms with Gasteiger partial charge in [-0.1, -0.05) is 6.92 Å². The van der Waals surface area contributed by atoms with E-state index in [9.17, 15) is 0 Å². The second kappa shape index (κ2) is 3.76. The molecule has 0 saturated heterocycles. The lowest BCUT2D eigenvalue weighted by Gasteiger charge is -2.05. The quantitative estimate of drug-likeness (QED) is 0.799. The minimum absolute atomic E-state index is 0.558. The van der Waals surface area contributed by atoms with Gasteiger partial charge in [0.25, 0.3) is 0 Å². The van der Waals surface area contributed by atoms with E-state index in [-0.39, 0.29) is 0 Å². The summed E-state index contributed by atoms with van der Waals surface area (Å²) in [5.74, 6) is 1.36. The van der Waals surface area contributed by atoms with Crippen LogP contribution in [0.2, 0.25) is 0 Å². The maximum Gasteiger partial charge on any atom is 0.0969 e. The van der Waals surface area contributed by atoms with Crippen molar-refractivity contribution in [2.45, 2.75) is 31.6 Å². The van der Waals surface area contributed by atoms with Gasteiger partial charge in [-0.15, -0.1) is 11.3 Å². The number of nitrogens with zero attached hydrogens (tertiary/aromatic N) is 1. The van der Waals surface area contributed by atoms with Gasteiger partial charge in [0.2, 0.25) is 0 Å². The van der Waals surface area contributed by atoms with Gasteiger partial charge in [-0.3, -0.25) is 0 Å². The normalized spacial score (nSPS) is 18.9. The van der Waals surface area contributed by atoms with E-state index < -0.39 is 0 Å². The molecule has 2 nitrogen and oxygen atoms in total. The van der Waals surface area contributed by atoms with E-state index in [1.807, 2.05) is 18.4 Å². The Bertz CT molecular complexity index is 278. The first-order chi connectivity index (χ1) is 6.31. The van der Waals surface area contributed by atoms with Crippen molar-refractivity contribution in [1.29, 1.82) is 0 Å². The number of thiazole rings is 1. The van der Waals surface area contributed by atoms with Gasteiger partial charge in [-0.25, -0.2) is 4.98 Å². The van der Waals surface area contributed by atoms with Crippen LogP contribution in [0.1, 0.15) is 42.3 Å². The SMILES string of the molecule is CNCC(C)c1nc(C2CC2)cs1.